The van der Waals surface area contributed by atoms with Gasteiger partial charge in [-0.3, -0.25) is 14.2 Å². The Morgan fingerprint density at radius 2 is 2.21 bits per heavy atom. The maximum Gasteiger partial charge on any atom is 0.322 e. The van der Waals surface area contributed by atoms with E-state index >= 15 is 0 Å². The molecular formula is C12H13N3O3S. The lowest BCUT2D eigenvalue weighted by molar-refractivity contribution is -0.135. The largest absolute Gasteiger partial charge is 0.480 e. The summed E-state index contributed by atoms with van der Waals surface area (Å²) in [5, 5.41) is 13.6. The zero-order valence-electron chi connectivity index (χ0n) is 10.5. The van der Waals surface area contributed by atoms with Crippen LogP contribution in [0, 0.1) is 13.8 Å². The number of aryl methyl sites for hydroxylation is 1. The molecule has 0 saturated heterocycles. The van der Waals surface area contributed by atoms with Crippen LogP contribution in [-0.4, -0.2) is 33.1 Å². The number of carboxylic acids is 1. The van der Waals surface area contributed by atoms with E-state index < -0.39 is 11.9 Å². The fraction of sp³-hybridized carbons (Fsp3) is 0.250. The molecule has 0 radical (unpaired) electrons. The molecule has 0 aliphatic heterocycles. The Hall–Kier alpha value is -2.15. The Morgan fingerprint density at radius 1 is 1.47 bits per heavy atom. The van der Waals surface area contributed by atoms with Crippen LogP contribution in [0.3, 0.4) is 0 Å². The molecule has 7 heteroatoms. The van der Waals surface area contributed by atoms with Gasteiger partial charge in [-0.15, -0.1) is 11.3 Å². The van der Waals surface area contributed by atoms with Crippen LogP contribution in [0.25, 0.3) is 5.13 Å². The molecule has 0 aliphatic carbocycles. The summed E-state index contributed by atoms with van der Waals surface area (Å²) in [6.07, 6.45) is 1.70. The highest BCUT2D eigenvalue weighted by molar-refractivity contribution is 7.12. The van der Waals surface area contributed by atoms with Crippen LogP contribution in [-0.2, 0) is 4.79 Å². The first-order chi connectivity index (χ1) is 9.00. The Kier molecular flexibility index (Phi) is 3.66. The molecule has 2 rings (SSSR count). The lowest BCUT2D eigenvalue weighted by atomic mass is 10.2. The van der Waals surface area contributed by atoms with Gasteiger partial charge in [0, 0.05) is 23.0 Å². The molecule has 6 nitrogen and oxygen atoms in total. The van der Waals surface area contributed by atoms with E-state index in [1.807, 2.05) is 23.8 Å². The minimum atomic E-state index is -1.07. The quantitative estimate of drug-likeness (QED) is 0.885. The zero-order chi connectivity index (χ0) is 14.0. The predicted molar refractivity (Wildman–Crippen MR) is 70.9 cm³/mol. The molecule has 0 bridgehead atoms. The molecule has 2 N–H and O–H groups in total. The van der Waals surface area contributed by atoms with Gasteiger partial charge in [0.1, 0.15) is 6.54 Å². The van der Waals surface area contributed by atoms with Crippen molar-refractivity contribution in [3.63, 3.8) is 0 Å². The van der Waals surface area contributed by atoms with E-state index in [-0.39, 0.29) is 6.54 Å². The highest BCUT2D eigenvalue weighted by Crippen LogP contribution is 2.22. The van der Waals surface area contributed by atoms with Gasteiger partial charge in [-0.05, 0) is 19.9 Å². The molecule has 0 aliphatic rings. The van der Waals surface area contributed by atoms with Crippen LogP contribution in [0.1, 0.15) is 21.7 Å². The summed E-state index contributed by atoms with van der Waals surface area (Å²) in [5.74, 6) is -1.46. The van der Waals surface area contributed by atoms with Crippen LogP contribution < -0.4 is 5.32 Å². The smallest absolute Gasteiger partial charge is 0.322 e. The molecular weight excluding hydrogens is 266 g/mol. The third-order valence-electron chi connectivity index (χ3n) is 2.69. The third-order valence-corrected chi connectivity index (χ3v) is 3.44. The zero-order valence-corrected chi connectivity index (χ0v) is 11.3. The SMILES string of the molecule is Cc1cc(C(=O)NCC(=O)O)c(C)n1-c1nccs1. The lowest BCUT2D eigenvalue weighted by Crippen LogP contribution is -2.29. The molecule has 0 spiro atoms. The maximum atomic E-state index is 11.9. The topological polar surface area (TPSA) is 84.2 Å². The summed E-state index contributed by atoms with van der Waals surface area (Å²) < 4.78 is 1.88. The first-order valence-corrected chi connectivity index (χ1v) is 6.47. The van der Waals surface area contributed by atoms with Gasteiger partial charge >= 0.3 is 5.97 Å². The van der Waals surface area contributed by atoms with Crippen LogP contribution in [0.5, 0.6) is 0 Å². The molecule has 2 heterocycles. The Morgan fingerprint density at radius 3 is 2.79 bits per heavy atom. The number of rotatable bonds is 4. The third kappa shape index (κ3) is 2.65. The minimum Gasteiger partial charge on any atom is -0.480 e. The molecule has 1 amide bonds. The standard InChI is InChI=1S/C12H13N3O3S/c1-7-5-9(11(18)14-6-10(16)17)8(2)15(7)12-13-3-4-19-12/h3-5H,6H2,1-2H3,(H,14,18)(H,16,17). The lowest BCUT2D eigenvalue weighted by Gasteiger charge is -2.05. The van der Waals surface area contributed by atoms with E-state index in [1.165, 1.54) is 11.3 Å². The van der Waals surface area contributed by atoms with Crippen molar-refractivity contribution in [1.29, 1.82) is 0 Å². The second-order valence-electron chi connectivity index (χ2n) is 4.01. The molecule has 100 valence electrons. The van der Waals surface area contributed by atoms with Gasteiger partial charge in [0.15, 0.2) is 5.13 Å². The van der Waals surface area contributed by atoms with Crippen LogP contribution >= 0.6 is 11.3 Å². The number of carboxylic acid groups (broad SMARTS) is 1. The van der Waals surface area contributed by atoms with Gasteiger partial charge in [0.05, 0.1) is 5.56 Å². The normalized spacial score (nSPS) is 10.4. The second kappa shape index (κ2) is 5.23. The number of nitrogens with one attached hydrogen (secondary N) is 1. The Balaban J connectivity index is 2.31. The first-order valence-electron chi connectivity index (χ1n) is 5.59. The van der Waals surface area contributed by atoms with E-state index in [4.69, 9.17) is 5.11 Å². The summed E-state index contributed by atoms with van der Waals surface area (Å²) in [7, 11) is 0. The summed E-state index contributed by atoms with van der Waals surface area (Å²) in [4.78, 5) is 26.6. The van der Waals surface area contributed by atoms with Crippen molar-refractivity contribution in [2.45, 2.75) is 13.8 Å². The molecule has 19 heavy (non-hydrogen) atoms. The van der Waals surface area contributed by atoms with Crippen molar-refractivity contribution in [3.05, 3.63) is 34.6 Å². The summed E-state index contributed by atoms with van der Waals surface area (Å²) >= 11 is 1.47. The van der Waals surface area contributed by atoms with Gasteiger partial charge in [-0.1, -0.05) is 0 Å². The number of hydrogen-bond acceptors (Lipinski definition) is 4. The molecule has 2 aromatic rings. The van der Waals surface area contributed by atoms with Crippen molar-refractivity contribution >= 4 is 23.2 Å². The van der Waals surface area contributed by atoms with Gasteiger partial charge in [-0.2, -0.15) is 0 Å². The van der Waals surface area contributed by atoms with E-state index in [2.05, 4.69) is 10.3 Å². The summed E-state index contributed by atoms with van der Waals surface area (Å²) in [5.41, 5.74) is 2.09. The van der Waals surface area contributed by atoms with Gasteiger partial charge in [0.25, 0.3) is 5.91 Å². The Bertz CT molecular complexity index is 616. The fourth-order valence-corrected chi connectivity index (χ4v) is 2.62. The Labute approximate surface area is 113 Å². The number of aromatic nitrogens is 2. The van der Waals surface area contributed by atoms with E-state index in [1.54, 1.807) is 12.3 Å². The van der Waals surface area contributed by atoms with Crippen molar-refractivity contribution < 1.29 is 14.7 Å². The number of hydrogen-bond donors (Lipinski definition) is 2. The molecule has 0 aromatic carbocycles. The van der Waals surface area contributed by atoms with E-state index in [0.717, 1.165) is 16.5 Å². The number of thiazole rings is 1. The van der Waals surface area contributed by atoms with Crippen molar-refractivity contribution in [1.82, 2.24) is 14.9 Å². The summed E-state index contributed by atoms with van der Waals surface area (Å²) in [6, 6.07) is 1.73. The number of aliphatic carboxylic acids is 1. The monoisotopic (exact) mass is 279 g/mol. The van der Waals surface area contributed by atoms with Crippen molar-refractivity contribution in [2.24, 2.45) is 0 Å². The van der Waals surface area contributed by atoms with Gasteiger partial charge in [-0.25, -0.2) is 4.98 Å². The number of carbonyl (C=O) groups is 2. The van der Waals surface area contributed by atoms with Gasteiger partial charge in [0.2, 0.25) is 0 Å². The minimum absolute atomic E-state index is 0.389. The van der Waals surface area contributed by atoms with E-state index in [0.29, 0.717) is 5.56 Å². The van der Waals surface area contributed by atoms with E-state index in [9.17, 15) is 9.59 Å². The van der Waals surface area contributed by atoms with Crippen molar-refractivity contribution in [3.8, 4) is 5.13 Å². The van der Waals surface area contributed by atoms with Crippen LogP contribution in [0.15, 0.2) is 17.6 Å². The first kappa shape index (κ1) is 13.3. The highest BCUT2D eigenvalue weighted by Gasteiger charge is 2.17. The molecule has 2 aromatic heterocycles. The highest BCUT2D eigenvalue weighted by atomic mass is 32.1. The van der Waals surface area contributed by atoms with Crippen LogP contribution in [0.2, 0.25) is 0 Å². The molecule has 0 unspecified atom stereocenters. The fourth-order valence-electron chi connectivity index (χ4n) is 1.86. The molecule has 0 fully saturated rings. The average Bonchev–Trinajstić information content (AvgIpc) is 2.94. The summed E-state index contributed by atoms with van der Waals surface area (Å²) in [6.45, 7) is 3.30. The maximum absolute atomic E-state index is 11.9. The van der Waals surface area contributed by atoms with Crippen molar-refractivity contribution in [2.75, 3.05) is 6.54 Å². The number of amides is 1. The number of nitrogens with zero attached hydrogens (tertiary/aromatic N) is 2. The number of carbonyl (C=O) groups excluding carboxylic acids is 1. The predicted octanol–water partition coefficient (Wildman–Crippen LogP) is 1.37. The molecule has 0 saturated carbocycles. The molecule has 0 atom stereocenters. The second-order valence-corrected chi connectivity index (χ2v) is 4.88. The average molecular weight is 279 g/mol. The van der Waals surface area contributed by atoms with Gasteiger partial charge < -0.3 is 10.4 Å². The van der Waals surface area contributed by atoms with Crippen LogP contribution in [0.4, 0.5) is 0 Å².